The van der Waals surface area contributed by atoms with Gasteiger partial charge in [0.15, 0.2) is 3.72 Å². The topological polar surface area (TPSA) is 40.0 Å². The van der Waals surface area contributed by atoms with E-state index >= 15 is 0 Å². The van der Waals surface area contributed by atoms with Crippen LogP contribution in [0, 0.1) is 11.8 Å². The summed E-state index contributed by atoms with van der Waals surface area (Å²) >= 11 is 1.16. The minimum absolute atomic E-state index is 0.0732. The van der Waals surface area contributed by atoms with Crippen LogP contribution in [0.4, 0.5) is 18.9 Å². The van der Waals surface area contributed by atoms with Crippen molar-refractivity contribution in [3.05, 3.63) is 29.8 Å². The molecule has 0 heterocycles. The van der Waals surface area contributed by atoms with Crippen molar-refractivity contribution in [1.82, 2.24) is 0 Å². The molecule has 1 aromatic carbocycles. The van der Waals surface area contributed by atoms with E-state index in [1.165, 1.54) is 6.07 Å². The standard InChI is InChI=1S/C15H15F3INO3/c1-21-9-10-23-11-22-8-4-6-12-5-2-3-7-13(12)20-14(19)15(16,17)18/h2-3,5,7H,8-11H2,1H3. The maximum absolute atomic E-state index is 12.5. The van der Waals surface area contributed by atoms with Gasteiger partial charge >= 0.3 is 6.18 Å². The van der Waals surface area contributed by atoms with E-state index in [1.807, 2.05) is 0 Å². The molecule has 4 nitrogen and oxygen atoms in total. The first-order valence-corrected chi connectivity index (χ1v) is 7.56. The number of rotatable bonds is 7. The van der Waals surface area contributed by atoms with Crippen LogP contribution in [0.1, 0.15) is 5.56 Å². The third kappa shape index (κ3) is 8.31. The van der Waals surface area contributed by atoms with Gasteiger partial charge in [0.1, 0.15) is 13.4 Å². The van der Waals surface area contributed by atoms with Crippen LogP contribution in [0.5, 0.6) is 0 Å². The lowest BCUT2D eigenvalue weighted by molar-refractivity contribution is -0.0557. The summed E-state index contributed by atoms with van der Waals surface area (Å²) in [4.78, 5) is 3.58. The second kappa shape index (κ2) is 10.6. The lowest BCUT2D eigenvalue weighted by atomic mass is 10.2. The summed E-state index contributed by atoms with van der Waals surface area (Å²) in [5.74, 6) is 5.45. The van der Waals surface area contributed by atoms with Crippen molar-refractivity contribution >= 4 is 32.0 Å². The summed E-state index contributed by atoms with van der Waals surface area (Å²) < 4.78 is 51.6. The summed E-state index contributed by atoms with van der Waals surface area (Å²) in [7, 11) is 1.57. The van der Waals surface area contributed by atoms with Crippen molar-refractivity contribution in [2.45, 2.75) is 6.18 Å². The first-order valence-electron chi connectivity index (χ1n) is 6.49. The van der Waals surface area contributed by atoms with Crippen LogP contribution in [0.3, 0.4) is 0 Å². The van der Waals surface area contributed by atoms with Gasteiger partial charge in [-0.3, -0.25) is 0 Å². The van der Waals surface area contributed by atoms with E-state index in [2.05, 4.69) is 16.8 Å². The molecule has 0 saturated carbocycles. The molecule has 0 fully saturated rings. The number of hydrogen-bond donors (Lipinski definition) is 0. The molecule has 0 bridgehead atoms. The number of para-hydroxylation sites is 1. The van der Waals surface area contributed by atoms with E-state index in [-0.39, 0.29) is 19.1 Å². The molecule has 0 amide bonds. The lowest BCUT2D eigenvalue weighted by Crippen LogP contribution is -2.16. The molecule has 0 aliphatic rings. The lowest BCUT2D eigenvalue weighted by Gasteiger charge is -2.04. The molecule has 0 radical (unpaired) electrons. The second-order valence-electron chi connectivity index (χ2n) is 4.09. The van der Waals surface area contributed by atoms with Crippen LogP contribution in [0.15, 0.2) is 29.3 Å². The smallest absolute Gasteiger partial charge is 0.382 e. The monoisotopic (exact) mass is 441 g/mol. The molecular weight excluding hydrogens is 426 g/mol. The zero-order chi connectivity index (χ0) is 17.1. The molecule has 23 heavy (non-hydrogen) atoms. The highest BCUT2D eigenvalue weighted by atomic mass is 127. The maximum atomic E-state index is 12.5. The quantitative estimate of drug-likeness (QED) is 0.213. The molecule has 1 rings (SSSR count). The van der Waals surface area contributed by atoms with Gasteiger partial charge in [-0.05, 0) is 34.7 Å². The van der Waals surface area contributed by atoms with Gasteiger partial charge in [-0.1, -0.05) is 24.0 Å². The first kappa shape index (κ1) is 19.9. The largest absolute Gasteiger partial charge is 0.439 e. The van der Waals surface area contributed by atoms with Gasteiger partial charge in [-0.25, -0.2) is 4.99 Å². The number of halogens is 4. The highest BCUT2D eigenvalue weighted by Gasteiger charge is 2.33. The van der Waals surface area contributed by atoms with Crippen LogP contribution in [-0.4, -0.2) is 43.6 Å². The number of alkyl halides is 3. The minimum atomic E-state index is -4.47. The van der Waals surface area contributed by atoms with Gasteiger partial charge in [0.05, 0.1) is 24.5 Å². The number of ether oxygens (including phenoxy) is 3. The van der Waals surface area contributed by atoms with Crippen LogP contribution >= 0.6 is 22.6 Å². The second-order valence-corrected chi connectivity index (χ2v) is 5.11. The van der Waals surface area contributed by atoms with E-state index < -0.39 is 9.89 Å². The van der Waals surface area contributed by atoms with Crippen molar-refractivity contribution in [3.63, 3.8) is 0 Å². The van der Waals surface area contributed by atoms with Gasteiger partial charge in [0.25, 0.3) is 0 Å². The number of nitrogens with zero attached hydrogens (tertiary/aromatic N) is 1. The van der Waals surface area contributed by atoms with Crippen LogP contribution < -0.4 is 0 Å². The Balaban J connectivity index is 2.60. The summed E-state index contributed by atoms with van der Waals surface area (Å²) in [6.07, 6.45) is -4.47. The zero-order valence-electron chi connectivity index (χ0n) is 12.3. The van der Waals surface area contributed by atoms with Gasteiger partial charge in [0, 0.05) is 7.11 Å². The Hall–Kier alpha value is -1.15. The van der Waals surface area contributed by atoms with E-state index in [9.17, 15) is 13.2 Å². The average Bonchev–Trinajstić information content (AvgIpc) is 2.50. The van der Waals surface area contributed by atoms with Crippen molar-refractivity contribution < 1.29 is 27.4 Å². The van der Waals surface area contributed by atoms with Crippen LogP contribution in [-0.2, 0) is 14.2 Å². The highest BCUT2D eigenvalue weighted by molar-refractivity contribution is 14.1. The Bertz CT molecular complexity index is 579. The minimum Gasteiger partial charge on any atom is -0.382 e. The molecule has 0 spiro atoms. The Labute approximate surface area is 146 Å². The van der Waals surface area contributed by atoms with Gasteiger partial charge in [-0.15, -0.1) is 0 Å². The fourth-order valence-electron chi connectivity index (χ4n) is 1.33. The van der Waals surface area contributed by atoms with E-state index in [0.717, 1.165) is 22.6 Å². The molecule has 0 unspecified atom stereocenters. The molecule has 1 aromatic rings. The van der Waals surface area contributed by atoms with Crippen molar-refractivity contribution in [2.24, 2.45) is 4.99 Å². The number of aliphatic imine (C=N–C) groups is 1. The molecule has 0 aliphatic heterocycles. The third-order valence-corrected chi connectivity index (χ3v) is 3.21. The number of benzene rings is 1. The fourth-order valence-corrected chi connectivity index (χ4v) is 1.59. The molecular formula is C15H15F3INO3. The zero-order valence-corrected chi connectivity index (χ0v) is 14.5. The molecule has 8 heteroatoms. The summed E-state index contributed by atoms with van der Waals surface area (Å²) in [6.45, 7) is 1.06. The van der Waals surface area contributed by atoms with Crippen LogP contribution in [0.2, 0.25) is 0 Å². The molecule has 0 N–H and O–H groups in total. The summed E-state index contributed by atoms with van der Waals surface area (Å²) in [5, 5.41) is 0. The predicted molar refractivity (Wildman–Crippen MR) is 89.1 cm³/mol. The number of hydrogen-bond acceptors (Lipinski definition) is 4. The summed E-state index contributed by atoms with van der Waals surface area (Å²) in [5.41, 5.74) is 0.563. The molecule has 0 atom stereocenters. The molecule has 0 saturated heterocycles. The predicted octanol–water partition coefficient (Wildman–Crippen LogP) is 3.70. The summed E-state index contributed by atoms with van der Waals surface area (Å²) in [6, 6.07) is 6.35. The van der Waals surface area contributed by atoms with Crippen molar-refractivity contribution in [2.75, 3.05) is 33.7 Å². The molecule has 126 valence electrons. The highest BCUT2D eigenvalue weighted by Crippen LogP contribution is 2.26. The van der Waals surface area contributed by atoms with Crippen molar-refractivity contribution in [1.29, 1.82) is 0 Å². The normalized spacial score (nSPS) is 12.0. The Morgan fingerprint density at radius 1 is 1.22 bits per heavy atom. The Kier molecular flexibility index (Phi) is 9.16. The molecule has 0 aromatic heterocycles. The SMILES string of the molecule is COCCOCOCC#Cc1ccccc1N=C(I)C(F)(F)F. The van der Waals surface area contributed by atoms with Gasteiger partial charge in [0.2, 0.25) is 0 Å². The Morgan fingerprint density at radius 2 is 1.96 bits per heavy atom. The maximum Gasteiger partial charge on any atom is 0.439 e. The molecule has 0 aliphatic carbocycles. The van der Waals surface area contributed by atoms with Gasteiger partial charge < -0.3 is 14.2 Å². The Morgan fingerprint density at radius 3 is 2.65 bits per heavy atom. The third-order valence-electron chi connectivity index (χ3n) is 2.35. The van der Waals surface area contributed by atoms with E-state index in [0.29, 0.717) is 18.8 Å². The van der Waals surface area contributed by atoms with E-state index in [1.54, 1.807) is 25.3 Å². The number of methoxy groups -OCH3 is 1. The van der Waals surface area contributed by atoms with Crippen molar-refractivity contribution in [3.8, 4) is 11.8 Å². The average molecular weight is 441 g/mol. The van der Waals surface area contributed by atoms with E-state index in [4.69, 9.17) is 14.2 Å². The first-order chi connectivity index (χ1) is 10.9. The fraction of sp³-hybridized carbons (Fsp3) is 0.400. The van der Waals surface area contributed by atoms with Gasteiger partial charge in [-0.2, -0.15) is 13.2 Å². The van der Waals surface area contributed by atoms with Crippen LogP contribution in [0.25, 0.3) is 0 Å².